The second kappa shape index (κ2) is 21.0. The number of aromatic amines is 1. The maximum absolute atomic E-state index is 11.0. The average molecular weight is 692 g/mol. The van der Waals surface area contributed by atoms with Crippen LogP contribution in [0, 0.1) is 7.43 Å². The number of rotatable bonds is 9. The van der Waals surface area contributed by atoms with Crippen molar-refractivity contribution in [1.29, 1.82) is 0 Å². The van der Waals surface area contributed by atoms with Gasteiger partial charge in [-0.2, -0.15) is 0 Å². The van der Waals surface area contributed by atoms with Gasteiger partial charge in [-0.05, 0) is 60.7 Å². The fourth-order valence-corrected chi connectivity index (χ4v) is 3.13. The van der Waals surface area contributed by atoms with Crippen molar-refractivity contribution in [3.05, 3.63) is 152 Å². The zero-order chi connectivity index (χ0) is 25.8. The standard InChI is InChI=1S/C13H13N3O.C12H13N3.C4H5N.CH3.W/c17-11-16(9-12-5-1-3-7-14-12)10-13-6-2-4-8-15-13;1-3-7-14-11(5-1)9-13-10-12-6-2-4-8-15-12;1-2-4-5-3-1;;/h1-8,11H,9-10H2;1-8,13H,9-10H2;1-5H;1H3;/q;;;-1;. The van der Waals surface area contributed by atoms with Crippen LogP contribution in [-0.2, 0) is 52.0 Å². The molecule has 5 heterocycles. The summed E-state index contributed by atoms with van der Waals surface area (Å²) >= 11 is 0. The van der Waals surface area contributed by atoms with Gasteiger partial charge in [-0.25, -0.2) is 0 Å². The van der Waals surface area contributed by atoms with Crippen LogP contribution in [0.15, 0.2) is 122 Å². The maximum atomic E-state index is 11.0. The molecule has 0 saturated heterocycles. The molecule has 5 aromatic heterocycles. The zero-order valence-electron chi connectivity index (χ0n) is 22.0. The Morgan fingerprint density at radius 2 is 1.00 bits per heavy atom. The van der Waals surface area contributed by atoms with Crippen molar-refractivity contribution in [2.24, 2.45) is 0 Å². The monoisotopic (exact) mass is 692 g/mol. The number of nitrogens with zero attached hydrogens (tertiary/aromatic N) is 5. The van der Waals surface area contributed by atoms with E-state index >= 15 is 0 Å². The second-order valence-corrected chi connectivity index (χ2v) is 7.78. The third-order valence-electron chi connectivity index (χ3n) is 4.89. The zero-order valence-corrected chi connectivity index (χ0v) is 24.9. The SMILES string of the molecule is O=CN(Cc1ccccn1)Cc1ccccn1.[CH3-].[W].c1cc[nH]c1.c1ccc(CNCc2ccccn2)nc1. The van der Waals surface area contributed by atoms with E-state index in [1.165, 1.54) is 0 Å². The molecule has 0 saturated carbocycles. The number of pyridine rings is 4. The number of nitrogens with one attached hydrogen (secondary N) is 2. The molecule has 0 unspecified atom stereocenters. The molecule has 39 heavy (non-hydrogen) atoms. The number of carbonyl (C=O) groups is 1. The molecule has 5 aromatic rings. The van der Waals surface area contributed by atoms with Crippen LogP contribution in [-0.4, -0.2) is 36.2 Å². The topological polar surface area (TPSA) is 99.7 Å². The summed E-state index contributed by atoms with van der Waals surface area (Å²) in [7, 11) is 0. The summed E-state index contributed by atoms with van der Waals surface area (Å²) in [5.41, 5.74) is 3.84. The van der Waals surface area contributed by atoms with Crippen molar-refractivity contribution in [2.45, 2.75) is 26.2 Å². The van der Waals surface area contributed by atoms with E-state index in [1.807, 2.05) is 97.3 Å². The van der Waals surface area contributed by atoms with Gasteiger partial charge in [0.25, 0.3) is 0 Å². The van der Waals surface area contributed by atoms with Crippen molar-refractivity contribution in [3.63, 3.8) is 0 Å². The molecule has 2 N–H and O–H groups in total. The van der Waals surface area contributed by atoms with Crippen molar-refractivity contribution in [1.82, 2.24) is 35.1 Å². The Balaban J connectivity index is 0.000000318. The first-order valence-corrected chi connectivity index (χ1v) is 11.9. The molecule has 0 aliphatic heterocycles. The maximum Gasteiger partial charge on any atom is 0.210 e. The fraction of sp³-hybridized carbons (Fsp3) is 0.133. The van der Waals surface area contributed by atoms with Crippen LogP contribution in [0.3, 0.4) is 0 Å². The Morgan fingerprint density at radius 1 is 0.615 bits per heavy atom. The molecule has 0 aliphatic carbocycles. The summed E-state index contributed by atoms with van der Waals surface area (Å²) < 4.78 is 0. The van der Waals surface area contributed by atoms with Gasteiger partial charge in [-0.3, -0.25) is 24.7 Å². The Hall–Kier alpha value is -4.00. The molecule has 1 amide bonds. The van der Waals surface area contributed by atoms with Crippen molar-refractivity contribution < 1.29 is 25.9 Å². The fourth-order valence-electron chi connectivity index (χ4n) is 3.13. The molecule has 0 aromatic carbocycles. The Morgan fingerprint density at radius 3 is 1.28 bits per heavy atom. The molecule has 9 heteroatoms. The number of H-pyrrole nitrogens is 1. The third kappa shape index (κ3) is 14.5. The smallest absolute Gasteiger partial charge is 0.210 e. The molecule has 202 valence electrons. The number of hydrogen-bond donors (Lipinski definition) is 2. The van der Waals surface area contributed by atoms with E-state index in [-0.39, 0.29) is 28.5 Å². The quantitative estimate of drug-likeness (QED) is 0.169. The predicted octanol–water partition coefficient (Wildman–Crippen LogP) is 4.86. The van der Waals surface area contributed by atoms with Crippen molar-refractivity contribution in [2.75, 3.05) is 0 Å². The molecule has 0 fully saturated rings. The minimum absolute atomic E-state index is 0. The van der Waals surface area contributed by atoms with E-state index in [1.54, 1.807) is 29.7 Å². The van der Waals surface area contributed by atoms with E-state index in [4.69, 9.17) is 0 Å². The van der Waals surface area contributed by atoms with Gasteiger partial charge < -0.3 is 22.6 Å². The largest absolute Gasteiger partial charge is 0.368 e. The van der Waals surface area contributed by atoms with Gasteiger partial charge in [0, 0.05) is 71.3 Å². The first-order chi connectivity index (χ1) is 18.3. The van der Waals surface area contributed by atoms with E-state index in [0.717, 1.165) is 42.3 Å². The van der Waals surface area contributed by atoms with Crippen LogP contribution in [0.2, 0.25) is 0 Å². The van der Waals surface area contributed by atoms with Gasteiger partial charge in [-0.1, -0.05) is 24.3 Å². The van der Waals surface area contributed by atoms with Gasteiger partial charge in [0.05, 0.1) is 35.9 Å². The number of amides is 1. The van der Waals surface area contributed by atoms with Crippen LogP contribution in [0.25, 0.3) is 0 Å². The van der Waals surface area contributed by atoms with Gasteiger partial charge in [0.1, 0.15) is 0 Å². The minimum atomic E-state index is 0. The van der Waals surface area contributed by atoms with Gasteiger partial charge in [-0.15, -0.1) is 0 Å². The summed E-state index contributed by atoms with van der Waals surface area (Å²) in [6.45, 7) is 2.55. The van der Waals surface area contributed by atoms with E-state index in [0.29, 0.717) is 13.1 Å². The predicted molar refractivity (Wildman–Crippen MR) is 150 cm³/mol. The van der Waals surface area contributed by atoms with Gasteiger partial charge in [0.2, 0.25) is 6.41 Å². The molecule has 5 rings (SSSR count). The van der Waals surface area contributed by atoms with Crippen LogP contribution in [0.1, 0.15) is 22.8 Å². The first kappa shape index (κ1) is 33.0. The molecule has 0 bridgehead atoms. The second-order valence-electron chi connectivity index (χ2n) is 7.78. The Kier molecular flexibility index (Phi) is 17.8. The molecular formula is C30H34N7OW-. The van der Waals surface area contributed by atoms with Crippen LogP contribution in [0.4, 0.5) is 0 Å². The Labute approximate surface area is 245 Å². The molecule has 0 aliphatic rings. The summed E-state index contributed by atoms with van der Waals surface area (Å²) in [6, 6.07) is 27.0. The van der Waals surface area contributed by atoms with Crippen LogP contribution >= 0.6 is 0 Å². The number of carbonyl (C=O) groups excluding carboxylic acids is 1. The minimum Gasteiger partial charge on any atom is -0.368 e. The van der Waals surface area contributed by atoms with Crippen molar-refractivity contribution in [3.8, 4) is 0 Å². The molecule has 0 spiro atoms. The summed E-state index contributed by atoms with van der Waals surface area (Å²) in [5.74, 6) is 0. The number of aromatic nitrogens is 5. The van der Waals surface area contributed by atoms with Crippen molar-refractivity contribution >= 4 is 6.41 Å². The summed E-state index contributed by atoms with van der Waals surface area (Å²) in [5, 5.41) is 3.29. The van der Waals surface area contributed by atoms with E-state index in [9.17, 15) is 4.79 Å². The molecule has 8 nitrogen and oxygen atoms in total. The van der Waals surface area contributed by atoms with E-state index < -0.39 is 0 Å². The first-order valence-electron chi connectivity index (χ1n) is 11.9. The van der Waals surface area contributed by atoms with Gasteiger partial charge in [0.15, 0.2) is 0 Å². The van der Waals surface area contributed by atoms with E-state index in [2.05, 4.69) is 30.2 Å². The third-order valence-corrected chi connectivity index (χ3v) is 4.89. The van der Waals surface area contributed by atoms with Gasteiger partial charge >= 0.3 is 0 Å². The van der Waals surface area contributed by atoms with Crippen LogP contribution in [0.5, 0.6) is 0 Å². The Bertz CT molecular complexity index is 1120. The van der Waals surface area contributed by atoms with Crippen LogP contribution < -0.4 is 5.32 Å². The molecule has 0 radical (unpaired) electrons. The summed E-state index contributed by atoms with van der Waals surface area (Å²) in [4.78, 5) is 32.3. The average Bonchev–Trinajstić information content (AvgIpc) is 3.56. The number of hydrogen-bond acceptors (Lipinski definition) is 6. The summed E-state index contributed by atoms with van der Waals surface area (Å²) in [6.07, 6.45) is 11.6. The molecule has 0 atom stereocenters. The normalized spacial score (nSPS) is 9.23. The molecular weight excluding hydrogens is 658 g/mol.